The van der Waals surface area contributed by atoms with E-state index >= 15 is 0 Å². The second-order valence-electron chi connectivity index (χ2n) is 4.58. The SMILES string of the molecule is CCSCCCSc1ccc(CNC(C)C)cc1. The Morgan fingerprint density at radius 2 is 1.83 bits per heavy atom. The van der Waals surface area contributed by atoms with Crippen molar-refractivity contribution in [2.75, 3.05) is 17.3 Å². The normalized spacial score (nSPS) is 11.1. The first-order valence-corrected chi connectivity index (χ1v) is 8.89. The zero-order chi connectivity index (χ0) is 13.2. The van der Waals surface area contributed by atoms with Crippen LogP contribution in [-0.4, -0.2) is 23.3 Å². The molecule has 1 N–H and O–H groups in total. The molecular weight excluding hydrogens is 258 g/mol. The molecule has 0 aromatic heterocycles. The summed E-state index contributed by atoms with van der Waals surface area (Å²) >= 11 is 4.00. The summed E-state index contributed by atoms with van der Waals surface area (Å²) in [6.45, 7) is 7.55. The van der Waals surface area contributed by atoms with Crippen molar-refractivity contribution in [3.8, 4) is 0 Å². The number of nitrogens with one attached hydrogen (secondary N) is 1. The third-order valence-electron chi connectivity index (χ3n) is 2.54. The van der Waals surface area contributed by atoms with Crippen molar-refractivity contribution in [3.05, 3.63) is 29.8 Å². The first-order valence-electron chi connectivity index (χ1n) is 6.75. The molecular formula is C15H25NS2. The molecule has 1 rings (SSSR count). The summed E-state index contributed by atoms with van der Waals surface area (Å²) in [4.78, 5) is 1.39. The molecule has 102 valence electrons. The Balaban J connectivity index is 2.23. The topological polar surface area (TPSA) is 12.0 Å². The van der Waals surface area contributed by atoms with Crippen molar-refractivity contribution in [1.82, 2.24) is 5.32 Å². The fourth-order valence-electron chi connectivity index (χ4n) is 1.52. The summed E-state index contributed by atoms with van der Waals surface area (Å²) in [5.41, 5.74) is 1.37. The molecule has 0 fully saturated rings. The predicted octanol–water partition coefficient (Wildman–Crippen LogP) is 4.42. The van der Waals surface area contributed by atoms with Gasteiger partial charge in [-0.3, -0.25) is 0 Å². The van der Waals surface area contributed by atoms with E-state index < -0.39 is 0 Å². The number of hydrogen-bond acceptors (Lipinski definition) is 3. The quantitative estimate of drug-likeness (QED) is 0.532. The summed E-state index contributed by atoms with van der Waals surface area (Å²) in [6.07, 6.45) is 1.31. The number of benzene rings is 1. The molecule has 0 atom stereocenters. The van der Waals surface area contributed by atoms with Gasteiger partial charge < -0.3 is 5.32 Å². The van der Waals surface area contributed by atoms with Crippen LogP contribution >= 0.6 is 23.5 Å². The first kappa shape index (κ1) is 15.9. The van der Waals surface area contributed by atoms with Gasteiger partial charge in [-0.2, -0.15) is 11.8 Å². The second kappa shape index (κ2) is 9.76. The second-order valence-corrected chi connectivity index (χ2v) is 7.14. The molecule has 1 nitrogen and oxygen atoms in total. The minimum Gasteiger partial charge on any atom is -0.310 e. The third-order valence-corrected chi connectivity index (χ3v) is 4.63. The Kier molecular flexibility index (Phi) is 8.64. The molecule has 0 saturated carbocycles. The standard InChI is InChI=1S/C15H25NS2/c1-4-17-10-5-11-18-15-8-6-14(7-9-15)12-16-13(2)3/h6-9,13,16H,4-5,10-12H2,1-3H3. The lowest BCUT2D eigenvalue weighted by atomic mass is 10.2. The van der Waals surface area contributed by atoms with Crippen LogP contribution in [0.3, 0.4) is 0 Å². The van der Waals surface area contributed by atoms with Gasteiger partial charge in [0.05, 0.1) is 0 Å². The summed E-state index contributed by atoms with van der Waals surface area (Å²) in [5, 5.41) is 3.44. The Hall–Kier alpha value is -0.120. The highest BCUT2D eigenvalue weighted by Gasteiger charge is 1.97. The Morgan fingerprint density at radius 1 is 1.11 bits per heavy atom. The van der Waals surface area contributed by atoms with Crippen molar-refractivity contribution in [3.63, 3.8) is 0 Å². The van der Waals surface area contributed by atoms with E-state index in [9.17, 15) is 0 Å². The van der Waals surface area contributed by atoms with Gasteiger partial charge in [0.2, 0.25) is 0 Å². The maximum atomic E-state index is 3.44. The van der Waals surface area contributed by atoms with E-state index in [2.05, 4.69) is 50.4 Å². The molecule has 18 heavy (non-hydrogen) atoms. The van der Waals surface area contributed by atoms with Crippen molar-refractivity contribution in [2.45, 2.75) is 44.7 Å². The van der Waals surface area contributed by atoms with E-state index in [1.165, 1.54) is 34.1 Å². The van der Waals surface area contributed by atoms with Gasteiger partial charge in [-0.15, -0.1) is 11.8 Å². The van der Waals surface area contributed by atoms with Crippen molar-refractivity contribution < 1.29 is 0 Å². The monoisotopic (exact) mass is 283 g/mol. The fourth-order valence-corrected chi connectivity index (χ4v) is 3.19. The molecule has 0 spiro atoms. The molecule has 1 aromatic carbocycles. The average Bonchev–Trinajstić information content (AvgIpc) is 2.37. The lowest BCUT2D eigenvalue weighted by Gasteiger charge is -2.08. The van der Waals surface area contributed by atoms with Crippen LogP contribution < -0.4 is 5.32 Å². The highest BCUT2D eigenvalue weighted by atomic mass is 32.2. The molecule has 3 heteroatoms. The molecule has 0 unspecified atom stereocenters. The lowest BCUT2D eigenvalue weighted by Crippen LogP contribution is -2.21. The number of thioether (sulfide) groups is 2. The first-order chi connectivity index (χ1) is 8.72. The zero-order valence-electron chi connectivity index (χ0n) is 11.7. The van der Waals surface area contributed by atoms with Gasteiger partial charge in [0, 0.05) is 17.5 Å². The molecule has 0 aliphatic carbocycles. The summed E-state index contributed by atoms with van der Waals surface area (Å²) in [5.74, 6) is 3.76. The van der Waals surface area contributed by atoms with Crippen molar-refractivity contribution >= 4 is 23.5 Å². The molecule has 0 heterocycles. The summed E-state index contributed by atoms with van der Waals surface area (Å²) < 4.78 is 0. The van der Waals surface area contributed by atoms with Crippen LogP contribution in [0.4, 0.5) is 0 Å². The fraction of sp³-hybridized carbons (Fsp3) is 0.600. The van der Waals surface area contributed by atoms with E-state index in [0.29, 0.717) is 6.04 Å². The highest BCUT2D eigenvalue weighted by Crippen LogP contribution is 2.20. The van der Waals surface area contributed by atoms with Crippen LogP contribution in [0.5, 0.6) is 0 Å². The van der Waals surface area contributed by atoms with Crippen molar-refractivity contribution in [2.24, 2.45) is 0 Å². The maximum absolute atomic E-state index is 3.44. The van der Waals surface area contributed by atoms with E-state index in [1.54, 1.807) is 0 Å². The Labute approximate surface area is 121 Å². The molecule has 0 amide bonds. The summed E-state index contributed by atoms with van der Waals surface area (Å²) in [6, 6.07) is 9.51. The van der Waals surface area contributed by atoms with Crippen LogP contribution in [-0.2, 0) is 6.54 Å². The molecule has 0 bridgehead atoms. The number of hydrogen-bond donors (Lipinski definition) is 1. The van der Waals surface area contributed by atoms with Gasteiger partial charge in [0.15, 0.2) is 0 Å². The smallest absolute Gasteiger partial charge is 0.0207 e. The van der Waals surface area contributed by atoms with E-state index in [1.807, 2.05) is 23.5 Å². The van der Waals surface area contributed by atoms with E-state index in [0.717, 1.165) is 6.54 Å². The van der Waals surface area contributed by atoms with Crippen LogP contribution in [0, 0.1) is 0 Å². The van der Waals surface area contributed by atoms with Crippen LogP contribution in [0.1, 0.15) is 32.8 Å². The zero-order valence-corrected chi connectivity index (χ0v) is 13.4. The van der Waals surface area contributed by atoms with Crippen molar-refractivity contribution in [1.29, 1.82) is 0 Å². The van der Waals surface area contributed by atoms with Gasteiger partial charge in [-0.25, -0.2) is 0 Å². The minimum absolute atomic E-state index is 0.551. The molecule has 0 radical (unpaired) electrons. The number of rotatable bonds is 9. The largest absolute Gasteiger partial charge is 0.310 e. The average molecular weight is 284 g/mol. The molecule has 0 saturated heterocycles. The minimum atomic E-state index is 0.551. The molecule has 0 aliphatic rings. The predicted molar refractivity (Wildman–Crippen MR) is 86.8 cm³/mol. The summed E-state index contributed by atoms with van der Waals surface area (Å²) in [7, 11) is 0. The Morgan fingerprint density at radius 3 is 2.44 bits per heavy atom. The van der Waals surface area contributed by atoms with E-state index in [4.69, 9.17) is 0 Å². The highest BCUT2D eigenvalue weighted by molar-refractivity contribution is 8.00. The third kappa shape index (κ3) is 7.34. The molecule has 1 aromatic rings. The van der Waals surface area contributed by atoms with Gasteiger partial charge >= 0.3 is 0 Å². The van der Waals surface area contributed by atoms with Crippen LogP contribution in [0.2, 0.25) is 0 Å². The van der Waals surface area contributed by atoms with Gasteiger partial charge in [0.25, 0.3) is 0 Å². The van der Waals surface area contributed by atoms with Gasteiger partial charge in [-0.05, 0) is 41.4 Å². The van der Waals surface area contributed by atoms with Gasteiger partial charge in [-0.1, -0.05) is 32.9 Å². The molecule has 0 aliphatic heterocycles. The van der Waals surface area contributed by atoms with E-state index in [-0.39, 0.29) is 0 Å². The lowest BCUT2D eigenvalue weighted by molar-refractivity contribution is 0.588. The Bertz CT molecular complexity index is 309. The van der Waals surface area contributed by atoms with Gasteiger partial charge in [0.1, 0.15) is 0 Å². The maximum Gasteiger partial charge on any atom is 0.0207 e. The van der Waals surface area contributed by atoms with Crippen LogP contribution in [0.25, 0.3) is 0 Å². The van der Waals surface area contributed by atoms with Crippen LogP contribution in [0.15, 0.2) is 29.2 Å².